The van der Waals surface area contributed by atoms with E-state index in [0.29, 0.717) is 0 Å². The van der Waals surface area contributed by atoms with Crippen LogP contribution in [-0.2, 0) is 0 Å². The minimum Gasteiger partial charge on any atom is -0.497 e. The highest BCUT2D eigenvalue weighted by atomic mass is 16.5. The Balaban J connectivity index is 3.00. The van der Waals surface area contributed by atoms with Crippen LogP contribution in [0.25, 0.3) is 0 Å². The molecule has 1 unspecified atom stereocenters. The first kappa shape index (κ1) is 13.0. The maximum absolute atomic E-state index is 9.09. The predicted molar refractivity (Wildman–Crippen MR) is 65.9 cm³/mol. The Kier molecular flexibility index (Phi) is 4.77. The molecule has 0 radical (unpaired) electrons. The van der Waals surface area contributed by atoms with E-state index in [2.05, 4.69) is 17.9 Å². The van der Waals surface area contributed by atoms with Gasteiger partial charge >= 0.3 is 0 Å². The summed E-state index contributed by atoms with van der Waals surface area (Å²) < 4.78 is 5.19. The number of benzene rings is 1. The van der Waals surface area contributed by atoms with Crippen molar-refractivity contribution in [1.29, 1.82) is 0 Å². The van der Waals surface area contributed by atoms with Crippen molar-refractivity contribution in [2.45, 2.75) is 19.4 Å². The third-order valence-electron chi connectivity index (χ3n) is 2.86. The SMILES string of the molecule is COc1ccc(C(CCO)N(C)C)c(C)c1. The molecule has 16 heavy (non-hydrogen) atoms. The Labute approximate surface area is 97.7 Å². The van der Waals surface area contributed by atoms with E-state index in [9.17, 15) is 0 Å². The topological polar surface area (TPSA) is 32.7 Å². The van der Waals surface area contributed by atoms with E-state index in [1.807, 2.05) is 26.2 Å². The highest BCUT2D eigenvalue weighted by Gasteiger charge is 2.15. The minimum absolute atomic E-state index is 0.203. The number of ether oxygens (including phenoxy) is 1. The average Bonchev–Trinajstić information content (AvgIpc) is 2.26. The monoisotopic (exact) mass is 223 g/mol. The van der Waals surface area contributed by atoms with Gasteiger partial charge in [0.05, 0.1) is 7.11 Å². The first-order valence-corrected chi connectivity index (χ1v) is 5.52. The molecule has 0 aliphatic rings. The number of hydrogen-bond acceptors (Lipinski definition) is 3. The molecule has 0 saturated heterocycles. The molecule has 0 amide bonds. The van der Waals surface area contributed by atoms with Crippen LogP contribution in [0, 0.1) is 6.92 Å². The van der Waals surface area contributed by atoms with E-state index in [0.717, 1.165) is 12.2 Å². The molecule has 1 rings (SSSR count). The van der Waals surface area contributed by atoms with Gasteiger partial charge in [-0.15, -0.1) is 0 Å². The van der Waals surface area contributed by atoms with Gasteiger partial charge in [-0.1, -0.05) is 6.07 Å². The molecule has 3 heteroatoms. The summed E-state index contributed by atoms with van der Waals surface area (Å²) in [6.07, 6.45) is 0.750. The smallest absolute Gasteiger partial charge is 0.119 e. The van der Waals surface area contributed by atoms with Crippen LogP contribution in [0.15, 0.2) is 18.2 Å². The molecule has 0 aliphatic carbocycles. The normalized spacial score (nSPS) is 12.9. The summed E-state index contributed by atoms with van der Waals surface area (Å²) >= 11 is 0. The molecule has 0 aromatic heterocycles. The van der Waals surface area contributed by atoms with Crippen LogP contribution in [0.3, 0.4) is 0 Å². The lowest BCUT2D eigenvalue weighted by molar-refractivity contribution is 0.210. The predicted octanol–water partition coefficient (Wildman–Crippen LogP) is 1.99. The maximum atomic E-state index is 9.09. The fourth-order valence-corrected chi connectivity index (χ4v) is 1.96. The summed E-state index contributed by atoms with van der Waals surface area (Å²) in [7, 11) is 5.74. The summed E-state index contributed by atoms with van der Waals surface area (Å²) in [6, 6.07) is 6.34. The van der Waals surface area contributed by atoms with Crippen LogP contribution in [0.4, 0.5) is 0 Å². The van der Waals surface area contributed by atoms with E-state index in [1.54, 1.807) is 7.11 Å². The Morgan fingerprint density at radius 2 is 2.06 bits per heavy atom. The lowest BCUT2D eigenvalue weighted by Crippen LogP contribution is -2.21. The Morgan fingerprint density at radius 3 is 2.50 bits per heavy atom. The molecular weight excluding hydrogens is 202 g/mol. The Hall–Kier alpha value is -1.06. The van der Waals surface area contributed by atoms with Crippen molar-refractivity contribution in [3.63, 3.8) is 0 Å². The van der Waals surface area contributed by atoms with Gasteiger partial charge < -0.3 is 14.7 Å². The van der Waals surface area contributed by atoms with Crippen molar-refractivity contribution >= 4 is 0 Å². The third-order valence-corrected chi connectivity index (χ3v) is 2.86. The fraction of sp³-hybridized carbons (Fsp3) is 0.538. The zero-order valence-electron chi connectivity index (χ0n) is 10.5. The molecule has 1 aromatic carbocycles. The van der Waals surface area contributed by atoms with Crippen LogP contribution in [-0.4, -0.2) is 37.8 Å². The van der Waals surface area contributed by atoms with Gasteiger partial charge in [-0.2, -0.15) is 0 Å². The van der Waals surface area contributed by atoms with Crippen LogP contribution >= 0.6 is 0 Å². The second-order valence-corrected chi connectivity index (χ2v) is 4.21. The molecule has 0 bridgehead atoms. The van der Waals surface area contributed by atoms with Gasteiger partial charge in [0.2, 0.25) is 0 Å². The van der Waals surface area contributed by atoms with Gasteiger partial charge in [0.1, 0.15) is 5.75 Å². The van der Waals surface area contributed by atoms with Gasteiger partial charge in [0.25, 0.3) is 0 Å². The van der Waals surface area contributed by atoms with Crippen LogP contribution in [0.1, 0.15) is 23.6 Å². The van der Waals surface area contributed by atoms with Gasteiger partial charge in [-0.3, -0.25) is 0 Å². The number of methoxy groups -OCH3 is 1. The molecular formula is C13H21NO2. The van der Waals surface area contributed by atoms with Crippen LogP contribution < -0.4 is 4.74 Å². The molecule has 0 spiro atoms. The quantitative estimate of drug-likeness (QED) is 0.828. The number of aliphatic hydroxyl groups is 1. The highest BCUT2D eigenvalue weighted by molar-refractivity contribution is 5.36. The van der Waals surface area contributed by atoms with Crippen molar-refractivity contribution in [2.75, 3.05) is 27.8 Å². The van der Waals surface area contributed by atoms with Gasteiger partial charge in [-0.05, 0) is 50.7 Å². The second-order valence-electron chi connectivity index (χ2n) is 4.21. The number of nitrogens with zero attached hydrogens (tertiary/aromatic N) is 1. The molecule has 0 aliphatic heterocycles. The molecule has 0 fully saturated rings. The minimum atomic E-state index is 0.203. The largest absolute Gasteiger partial charge is 0.497 e. The molecule has 1 atom stereocenters. The van der Waals surface area contributed by atoms with Gasteiger partial charge in [0.15, 0.2) is 0 Å². The first-order valence-electron chi connectivity index (χ1n) is 5.52. The van der Waals surface area contributed by atoms with Crippen molar-refractivity contribution < 1.29 is 9.84 Å². The van der Waals surface area contributed by atoms with Gasteiger partial charge in [0, 0.05) is 12.6 Å². The summed E-state index contributed by atoms with van der Waals surface area (Å²) in [5.41, 5.74) is 2.45. The molecule has 1 N–H and O–H groups in total. The molecule has 0 heterocycles. The summed E-state index contributed by atoms with van der Waals surface area (Å²) in [5.74, 6) is 0.878. The highest BCUT2D eigenvalue weighted by Crippen LogP contribution is 2.27. The Morgan fingerprint density at radius 1 is 1.38 bits per heavy atom. The zero-order chi connectivity index (χ0) is 12.1. The van der Waals surface area contributed by atoms with Crippen molar-refractivity contribution in [1.82, 2.24) is 4.90 Å². The zero-order valence-corrected chi connectivity index (χ0v) is 10.5. The van der Waals surface area contributed by atoms with Gasteiger partial charge in [-0.25, -0.2) is 0 Å². The number of aryl methyl sites for hydroxylation is 1. The van der Waals surface area contributed by atoms with E-state index in [4.69, 9.17) is 9.84 Å². The lowest BCUT2D eigenvalue weighted by Gasteiger charge is -2.25. The maximum Gasteiger partial charge on any atom is 0.119 e. The van der Waals surface area contributed by atoms with E-state index in [-0.39, 0.29) is 12.6 Å². The first-order chi connectivity index (χ1) is 7.60. The number of aliphatic hydroxyl groups excluding tert-OH is 1. The van der Waals surface area contributed by atoms with E-state index in [1.165, 1.54) is 11.1 Å². The molecule has 0 saturated carbocycles. The Bertz CT molecular complexity index is 337. The third kappa shape index (κ3) is 2.97. The average molecular weight is 223 g/mol. The number of hydrogen-bond donors (Lipinski definition) is 1. The standard InChI is InChI=1S/C13H21NO2/c1-10-9-11(16-4)5-6-12(10)13(7-8-15)14(2)3/h5-6,9,13,15H,7-8H2,1-4H3. The summed E-state index contributed by atoms with van der Waals surface area (Å²) in [5, 5.41) is 9.09. The van der Waals surface area contributed by atoms with Crippen LogP contribution in [0.2, 0.25) is 0 Å². The van der Waals surface area contributed by atoms with Crippen molar-refractivity contribution in [3.05, 3.63) is 29.3 Å². The van der Waals surface area contributed by atoms with E-state index >= 15 is 0 Å². The second kappa shape index (κ2) is 5.87. The summed E-state index contributed by atoms with van der Waals surface area (Å²) in [4.78, 5) is 2.13. The molecule has 3 nitrogen and oxygen atoms in total. The fourth-order valence-electron chi connectivity index (χ4n) is 1.96. The number of rotatable bonds is 5. The van der Waals surface area contributed by atoms with Crippen LogP contribution in [0.5, 0.6) is 5.75 Å². The molecule has 1 aromatic rings. The van der Waals surface area contributed by atoms with Crippen molar-refractivity contribution in [2.24, 2.45) is 0 Å². The summed E-state index contributed by atoms with van der Waals surface area (Å²) in [6.45, 7) is 2.28. The van der Waals surface area contributed by atoms with E-state index < -0.39 is 0 Å². The van der Waals surface area contributed by atoms with Crippen molar-refractivity contribution in [3.8, 4) is 5.75 Å². The molecule has 90 valence electrons. The lowest BCUT2D eigenvalue weighted by atomic mass is 9.98.